The van der Waals surface area contributed by atoms with E-state index in [0.29, 0.717) is 9.92 Å². The quantitative estimate of drug-likeness (QED) is 0.571. The molecule has 6 heteroatoms. The second-order valence-corrected chi connectivity index (χ2v) is 4.31. The maximum atomic E-state index is 11.0. The first-order chi connectivity index (χ1) is 5.27. The summed E-state index contributed by atoms with van der Waals surface area (Å²) in [6, 6.07) is 0. The summed E-state index contributed by atoms with van der Waals surface area (Å²) in [4.78, 5) is 27.1. The van der Waals surface area contributed by atoms with Crippen LogP contribution in [0.1, 0.15) is 0 Å². The fourth-order valence-corrected chi connectivity index (χ4v) is 3.12. The number of thioether (sulfide) groups is 2. The van der Waals surface area contributed by atoms with Gasteiger partial charge in [-0.15, -0.1) is 11.8 Å². The number of H-pyrrole nitrogens is 2. The Labute approximate surface area is 69.8 Å². The van der Waals surface area contributed by atoms with Gasteiger partial charge in [-0.2, -0.15) is 0 Å². The van der Waals surface area contributed by atoms with E-state index in [2.05, 4.69) is 9.97 Å². The molecule has 2 heterocycles. The van der Waals surface area contributed by atoms with Gasteiger partial charge in [-0.25, -0.2) is 4.79 Å². The lowest BCUT2D eigenvalue weighted by Crippen LogP contribution is -2.23. The molecule has 0 bridgehead atoms. The Bertz CT molecular complexity index is 394. The van der Waals surface area contributed by atoms with E-state index >= 15 is 0 Å². The van der Waals surface area contributed by atoms with Gasteiger partial charge in [0.25, 0.3) is 5.56 Å². The van der Waals surface area contributed by atoms with Crippen LogP contribution in [0.25, 0.3) is 0 Å². The first kappa shape index (κ1) is 7.05. The monoisotopic (exact) mass is 188 g/mol. The minimum absolute atomic E-state index is 0.279. The molecule has 1 aliphatic rings. The second kappa shape index (κ2) is 2.46. The van der Waals surface area contributed by atoms with Gasteiger partial charge in [0.2, 0.25) is 0 Å². The Balaban J connectivity index is 2.80. The summed E-state index contributed by atoms with van der Waals surface area (Å²) in [5, 5.41) is 1.50. The summed E-state index contributed by atoms with van der Waals surface area (Å²) in [6.45, 7) is 0. The second-order valence-electron chi connectivity index (χ2n) is 1.97. The number of aromatic nitrogens is 2. The zero-order valence-corrected chi connectivity index (χ0v) is 6.97. The molecular weight excluding hydrogens is 184 g/mol. The van der Waals surface area contributed by atoms with Crippen LogP contribution >= 0.6 is 23.5 Å². The summed E-state index contributed by atoms with van der Waals surface area (Å²) in [6.07, 6.45) is 0. The highest BCUT2D eigenvalue weighted by Gasteiger charge is 2.16. The summed E-state index contributed by atoms with van der Waals surface area (Å²) < 4.78 is 0. The van der Waals surface area contributed by atoms with E-state index in [4.69, 9.17) is 0 Å². The van der Waals surface area contributed by atoms with E-state index in [-0.39, 0.29) is 5.56 Å². The number of aromatic amines is 2. The van der Waals surface area contributed by atoms with Crippen LogP contribution in [0.5, 0.6) is 0 Å². The van der Waals surface area contributed by atoms with Crippen molar-refractivity contribution in [3.05, 3.63) is 20.8 Å². The Morgan fingerprint density at radius 2 is 2.00 bits per heavy atom. The molecule has 0 saturated carbocycles. The van der Waals surface area contributed by atoms with Crippen molar-refractivity contribution >= 4 is 23.5 Å². The molecule has 0 saturated heterocycles. The van der Waals surface area contributed by atoms with Crippen molar-refractivity contribution < 1.29 is 0 Å². The fraction of sp³-hybridized carbons (Fsp3) is 0.200. The van der Waals surface area contributed by atoms with Crippen molar-refractivity contribution in [2.45, 2.75) is 9.92 Å². The highest BCUT2D eigenvalue weighted by molar-refractivity contribution is 8.18. The molecule has 0 atom stereocenters. The molecule has 0 fully saturated rings. The molecule has 0 amide bonds. The van der Waals surface area contributed by atoms with Crippen LogP contribution in [0.15, 0.2) is 19.5 Å². The lowest BCUT2D eigenvalue weighted by atomic mass is 10.6. The number of fused-ring (bicyclic) bond motifs is 1. The van der Waals surface area contributed by atoms with Crippen LogP contribution in [0.3, 0.4) is 0 Å². The number of hydrogen-bond donors (Lipinski definition) is 2. The minimum atomic E-state index is -0.427. The number of rotatable bonds is 0. The Hall–Kier alpha value is -0.620. The van der Waals surface area contributed by atoms with Gasteiger partial charge in [-0.1, -0.05) is 11.8 Å². The molecule has 0 radical (unpaired) electrons. The average Bonchev–Trinajstić information content (AvgIpc) is 2.34. The van der Waals surface area contributed by atoms with Gasteiger partial charge in [0.1, 0.15) is 4.90 Å². The van der Waals surface area contributed by atoms with Crippen molar-refractivity contribution in [3.63, 3.8) is 0 Å². The van der Waals surface area contributed by atoms with Crippen LogP contribution in [-0.2, 0) is 0 Å². The maximum absolute atomic E-state index is 11.0. The average molecular weight is 188 g/mol. The van der Waals surface area contributed by atoms with Gasteiger partial charge in [0.15, 0.2) is 0 Å². The molecule has 11 heavy (non-hydrogen) atoms. The van der Waals surface area contributed by atoms with E-state index in [9.17, 15) is 9.59 Å². The Morgan fingerprint density at radius 3 is 2.82 bits per heavy atom. The topological polar surface area (TPSA) is 65.7 Å². The first-order valence-corrected chi connectivity index (χ1v) is 4.87. The Kier molecular flexibility index (Phi) is 1.57. The molecule has 0 unspecified atom stereocenters. The molecular formula is C5H4N2O2S2. The Morgan fingerprint density at radius 1 is 1.18 bits per heavy atom. The van der Waals surface area contributed by atoms with E-state index in [1.54, 1.807) is 0 Å². The van der Waals surface area contributed by atoms with Gasteiger partial charge < -0.3 is 4.98 Å². The van der Waals surface area contributed by atoms with E-state index in [1.165, 1.54) is 23.5 Å². The normalized spacial score (nSPS) is 14.9. The van der Waals surface area contributed by atoms with Crippen LogP contribution in [0.2, 0.25) is 0 Å². The molecule has 0 aliphatic carbocycles. The molecule has 4 nitrogen and oxygen atoms in total. The van der Waals surface area contributed by atoms with E-state index in [1.807, 2.05) is 0 Å². The van der Waals surface area contributed by atoms with Crippen molar-refractivity contribution in [3.8, 4) is 0 Å². The van der Waals surface area contributed by atoms with Gasteiger partial charge in [0, 0.05) is 0 Å². The summed E-state index contributed by atoms with van der Waals surface area (Å²) >= 11 is 2.94. The smallest absolute Gasteiger partial charge is 0.301 e. The van der Waals surface area contributed by atoms with Crippen molar-refractivity contribution in [2.75, 3.05) is 5.08 Å². The van der Waals surface area contributed by atoms with E-state index in [0.717, 1.165) is 5.08 Å². The van der Waals surface area contributed by atoms with Crippen LogP contribution in [0, 0.1) is 0 Å². The fourth-order valence-electron chi connectivity index (χ4n) is 0.834. The van der Waals surface area contributed by atoms with Gasteiger partial charge in [-0.05, 0) is 0 Å². The third kappa shape index (κ3) is 1.12. The molecule has 2 N–H and O–H groups in total. The predicted octanol–water partition coefficient (Wildman–Crippen LogP) is 0.219. The molecule has 1 aromatic heterocycles. The zero-order chi connectivity index (χ0) is 7.84. The minimum Gasteiger partial charge on any atom is -0.301 e. The van der Waals surface area contributed by atoms with Gasteiger partial charge in [-0.3, -0.25) is 9.78 Å². The van der Waals surface area contributed by atoms with Gasteiger partial charge >= 0.3 is 5.69 Å². The summed E-state index contributed by atoms with van der Waals surface area (Å²) in [5.41, 5.74) is -0.706. The van der Waals surface area contributed by atoms with Crippen LogP contribution in [-0.4, -0.2) is 15.1 Å². The van der Waals surface area contributed by atoms with Crippen LogP contribution in [0.4, 0.5) is 0 Å². The molecule has 58 valence electrons. The molecule has 0 spiro atoms. The molecule has 2 rings (SSSR count). The number of hydrogen-bond acceptors (Lipinski definition) is 4. The third-order valence-corrected chi connectivity index (χ3v) is 3.62. The zero-order valence-electron chi connectivity index (χ0n) is 5.34. The lowest BCUT2D eigenvalue weighted by Gasteiger charge is -1.91. The first-order valence-electron chi connectivity index (χ1n) is 2.89. The van der Waals surface area contributed by atoms with Crippen molar-refractivity contribution in [1.29, 1.82) is 0 Å². The van der Waals surface area contributed by atoms with Gasteiger partial charge in [0.05, 0.1) is 10.1 Å². The highest BCUT2D eigenvalue weighted by atomic mass is 32.2. The van der Waals surface area contributed by atoms with Crippen molar-refractivity contribution in [1.82, 2.24) is 9.97 Å². The van der Waals surface area contributed by atoms with Crippen LogP contribution < -0.4 is 11.2 Å². The molecule has 0 aromatic carbocycles. The van der Waals surface area contributed by atoms with E-state index < -0.39 is 5.69 Å². The largest absolute Gasteiger partial charge is 0.326 e. The van der Waals surface area contributed by atoms with Crippen molar-refractivity contribution in [2.24, 2.45) is 0 Å². The summed E-state index contributed by atoms with van der Waals surface area (Å²) in [5.74, 6) is 0. The summed E-state index contributed by atoms with van der Waals surface area (Å²) in [7, 11) is 0. The standard InChI is InChI=1S/C5H4N2O2S2/c8-3-2-4(11-1-10-2)7-5(9)6-3/h1H2,(H2,6,7,8,9). The third-order valence-electron chi connectivity index (χ3n) is 1.27. The molecule has 1 aliphatic heterocycles. The maximum Gasteiger partial charge on any atom is 0.326 e. The molecule has 1 aromatic rings. The predicted molar refractivity (Wildman–Crippen MR) is 44.3 cm³/mol. The lowest BCUT2D eigenvalue weighted by molar-refractivity contribution is 0.881. The number of nitrogens with one attached hydrogen (secondary N) is 2. The highest BCUT2D eigenvalue weighted by Crippen LogP contribution is 2.36. The SMILES string of the molecule is O=c1[nH]c2c(c(=O)[nH]1)SCS2.